The number of carboxylic acid groups (broad SMARTS) is 1. The molecule has 88 heavy (non-hydrogen) atoms. The third-order valence-electron chi connectivity index (χ3n) is 13.4. The number of unbranched alkanes of at least 4 members (excludes halogenated alkanes) is 2. The summed E-state index contributed by atoms with van der Waals surface area (Å²) in [6, 6.07) is -2.67. The molecule has 0 saturated heterocycles. The molecule has 0 aromatic heterocycles. The molecule has 0 heterocycles. The van der Waals surface area contributed by atoms with E-state index in [9.17, 15) is 53.1 Å². The van der Waals surface area contributed by atoms with Gasteiger partial charge in [-0.3, -0.25) is 58.1 Å². The van der Waals surface area contributed by atoms with Crippen LogP contribution in [0.25, 0.3) is 0 Å². The van der Waals surface area contributed by atoms with Crippen LogP contribution in [-0.4, -0.2) is 176 Å². The number of carbonyl (C=O) groups excluding carboxylic acids is 9. The van der Waals surface area contributed by atoms with Crippen molar-refractivity contribution in [3.8, 4) is 0 Å². The number of aliphatic carboxylic acids is 1. The average Bonchev–Trinajstić information content (AvgIpc) is 3.44. The van der Waals surface area contributed by atoms with Crippen molar-refractivity contribution < 1.29 is 53.1 Å². The minimum Gasteiger partial charge on any atom is -0.480 e. The summed E-state index contributed by atoms with van der Waals surface area (Å²) in [6.45, 7) is 8.89. The molecule has 0 radical (unpaired) electrons. The van der Waals surface area contributed by atoms with E-state index in [1.54, 1.807) is 44.2 Å². The lowest BCUT2D eigenvalue weighted by atomic mass is 10.00. The molecule has 28 N–H and O–H groups in total. The number of benzene rings is 1. The van der Waals surface area contributed by atoms with E-state index in [4.69, 9.17) is 51.6 Å². The van der Waals surface area contributed by atoms with Crippen molar-refractivity contribution in [1.82, 2.24) is 47.9 Å². The zero-order valence-electron chi connectivity index (χ0n) is 51.7. The van der Waals surface area contributed by atoms with Gasteiger partial charge in [-0.15, -0.1) is 0 Å². The summed E-state index contributed by atoms with van der Waals surface area (Å²) < 4.78 is 0. The maximum absolute atomic E-state index is 14.3. The number of nitrogens with zero attached hydrogens (tertiary/aromatic N) is 3. The smallest absolute Gasteiger partial charge is 0.326 e. The Bertz CT molecular complexity index is 2450. The maximum atomic E-state index is 14.3. The van der Waals surface area contributed by atoms with Crippen LogP contribution in [0, 0.1) is 11.8 Å². The molecular formula is C56H101N21O11. The number of carbonyl (C=O) groups is 10. The molecule has 0 saturated carbocycles. The standard InChI is InChI=1S/C56H101N21O11/c1-32(2)28-41(51(85)74-40(22-15-27-68-56(64)65)50(84)76-42(29-33(3)4)52(86)77-43(53(87)88)30-35-16-7-6-8-17-35)75-45(79)34(5)70-47(81)38(20-10-12-24-58)72-49(83)39(21-14-26-67-55(62)63)73-48(82)37(19-9-11-23-57)71-44(78)31-69-46(80)36(59)18-13-25-66-54(60)61/h6-8,16-17,32-34,36-43H,9-15,18-31,57-59H2,1-5H3,(H,69,80)(H,70,81)(H,71,78)(H,72,83)(H,73,82)(H,74,85)(H,75,79)(H,76,84)(H,77,86)(H,87,88)(H4,60,61,66)(H4,62,63,67)(H4,64,65,68)/t34-,36+,37-,38-,39-,40-,41-,42-,43-/m0/s1. The largest absolute Gasteiger partial charge is 0.480 e. The first-order chi connectivity index (χ1) is 41.6. The van der Waals surface area contributed by atoms with Crippen LogP contribution < -0.4 is 99.5 Å². The fraction of sp³-hybridized carbons (Fsp3) is 0.661. The van der Waals surface area contributed by atoms with E-state index in [1.165, 1.54) is 6.92 Å². The van der Waals surface area contributed by atoms with Gasteiger partial charge in [0.1, 0.15) is 48.3 Å². The highest BCUT2D eigenvalue weighted by Crippen LogP contribution is 2.13. The molecule has 0 fully saturated rings. The second-order valence-corrected chi connectivity index (χ2v) is 22.2. The highest BCUT2D eigenvalue weighted by atomic mass is 16.4. The predicted molar refractivity (Wildman–Crippen MR) is 334 cm³/mol. The van der Waals surface area contributed by atoms with Gasteiger partial charge >= 0.3 is 5.97 Å². The monoisotopic (exact) mass is 1240 g/mol. The molecule has 0 spiro atoms. The topological polar surface area (TPSA) is 570 Å². The molecule has 0 unspecified atom stereocenters. The van der Waals surface area contributed by atoms with E-state index < -0.39 is 120 Å². The summed E-state index contributed by atoms with van der Waals surface area (Å²) in [7, 11) is 0. The zero-order chi connectivity index (χ0) is 66.3. The van der Waals surface area contributed by atoms with Crippen LogP contribution in [0.2, 0.25) is 0 Å². The van der Waals surface area contributed by atoms with Crippen molar-refractivity contribution in [1.29, 1.82) is 0 Å². The third kappa shape index (κ3) is 34.1. The van der Waals surface area contributed by atoms with Crippen molar-refractivity contribution >= 4 is 77.0 Å². The number of hydrogen-bond donors (Lipinski definition) is 19. The van der Waals surface area contributed by atoms with E-state index >= 15 is 0 Å². The first kappa shape index (κ1) is 77.6. The summed E-state index contributed by atoms with van der Waals surface area (Å²) in [5, 5.41) is 33.7. The minimum absolute atomic E-state index is 0.0275. The van der Waals surface area contributed by atoms with Crippen molar-refractivity contribution in [3.63, 3.8) is 0 Å². The van der Waals surface area contributed by atoms with Gasteiger partial charge in [-0.05, 0) is 127 Å². The molecule has 1 aromatic rings. The molecule has 0 aliphatic rings. The lowest BCUT2D eigenvalue weighted by molar-refractivity contribution is -0.142. The van der Waals surface area contributed by atoms with E-state index in [0.717, 1.165) is 0 Å². The van der Waals surface area contributed by atoms with Crippen LogP contribution in [0.5, 0.6) is 0 Å². The normalized spacial score (nSPS) is 14.1. The quantitative estimate of drug-likeness (QED) is 0.0165. The van der Waals surface area contributed by atoms with Gasteiger partial charge in [-0.25, -0.2) is 4.79 Å². The number of carboxylic acids is 1. The first-order valence-electron chi connectivity index (χ1n) is 29.9. The number of hydrogen-bond acceptors (Lipinski definition) is 16. The molecule has 32 heteroatoms. The summed E-state index contributed by atoms with van der Waals surface area (Å²) in [4.78, 5) is 149. The number of rotatable bonds is 45. The molecule has 1 aromatic carbocycles. The van der Waals surface area contributed by atoms with Crippen LogP contribution in [-0.2, 0) is 54.4 Å². The van der Waals surface area contributed by atoms with Crippen LogP contribution in [0.4, 0.5) is 0 Å². The van der Waals surface area contributed by atoms with Gasteiger partial charge in [0.25, 0.3) is 0 Å². The van der Waals surface area contributed by atoms with Gasteiger partial charge in [0, 0.05) is 26.1 Å². The molecule has 32 nitrogen and oxygen atoms in total. The van der Waals surface area contributed by atoms with Gasteiger partial charge in [-0.1, -0.05) is 58.0 Å². The van der Waals surface area contributed by atoms with E-state index in [0.29, 0.717) is 37.7 Å². The third-order valence-corrected chi connectivity index (χ3v) is 13.4. The van der Waals surface area contributed by atoms with Crippen LogP contribution in [0.3, 0.4) is 0 Å². The average molecular weight is 1240 g/mol. The van der Waals surface area contributed by atoms with Crippen LogP contribution >= 0.6 is 0 Å². The molecule has 1 rings (SSSR count). The fourth-order valence-electron chi connectivity index (χ4n) is 8.76. The maximum Gasteiger partial charge on any atom is 0.326 e. The summed E-state index contributed by atoms with van der Waals surface area (Å²) in [5.41, 5.74) is 50.9. The zero-order valence-corrected chi connectivity index (χ0v) is 51.7. The number of guanidine groups is 3. The Labute approximate surface area is 515 Å². The summed E-state index contributed by atoms with van der Waals surface area (Å²) in [6.07, 6.45) is 2.71. The van der Waals surface area contributed by atoms with E-state index in [-0.39, 0.29) is 127 Å². The summed E-state index contributed by atoms with van der Waals surface area (Å²) in [5.74, 6) is -9.12. The lowest BCUT2D eigenvalue weighted by Crippen LogP contribution is -2.60. The number of nitrogens with two attached hydrogens (primary N) is 9. The van der Waals surface area contributed by atoms with Gasteiger partial charge in [0.05, 0.1) is 12.6 Å². The van der Waals surface area contributed by atoms with Gasteiger partial charge in [-0.2, -0.15) is 0 Å². The first-order valence-corrected chi connectivity index (χ1v) is 29.9. The Balaban J connectivity index is 3.44. The predicted octanol–water partition coefficient (Wildman–Crippen LogP) is -4.83. The van der Waals surface area contributed by atoms with Gasteiger partial charge in [0.15, 0.2) is 17.9 Å². The van der Waals surface area contributed by atoms with E-state index in [1.807, 2.05) is 13.8 Å². The molecule has 9 atom stereocenters. The molecule has 0 aliphatic carbocycles. The highest BCUT2D eigenvalue weighted by molar-refractivity contribution is 5.98. The minimum atomic E-state index is -1.34. The van der Waals surface area contributed by atoms with Crippen molar-refractivity contribution in [2.24, 2.45) is 78.4 Å². The number of nitrogens with one attached hydrogen (secondary N) is 9. The molecule has 0 bridgehead atoms. The van der Waals surface area contributed by atoms with Crippen LogP contribution in [0.15, 0.2) is 45.3 Å². The Morgan fingerprint density at radius 3 is 1.18 bits per heavy atom. The Morgan fingerprint density at radius 1 is 0.432 bits per heavy atom. The number of amides is 9. The summed E-state index contributed by atoms with van der Waals surface area (Å²) >= 11 is 0. The lowest BCUT2D eigenvalue weighted by Gasteiger charge is -2.28. The Hall–Kier alpha value is -8.39. The highest BCUT2D eigenvalue weighted by Gasteiger charge is 2.35. The Kier molecular flexibility index (Phi) is 38.2. The Morgan fingerprint density at radius 2 is 0.784 bits per heavy atom. The molecule has 9 amide bonds. The van der Waals surface area contributed by atoms with Crippen molar-refractivity contribution in [2.75, 3.05) is 39.3 Å². The van der Waals surface area contributed by atoms with Crippen LogP contribution in [0.1, 0.15) is 130 Å². The SMILES string of the molecule is CC(C)C[C@H](NC(=O)[C@H](C)NC(=O)[C@H](CCCCN)NC(=O)[C@H](CCCN=C(N)N)NC(=O)[C@H](CCCCN)NC(=O)CNC(=O)[C@H](N)CCCN=C(N)N)C(=O)N[C@@H](CCCN=C(N)N)C(=O)N[C@@H](CC(C)C)C(=O)N[C@@H](Cc1ccccc1)C(=O)O. The molecule has 496 valence electrons. The molecule has 0 aliphatic heterocycles. The van der Waals surface area contributed by atoms with Gasteiger partial charge < -0.3 is 105 Å². The second kappa shape index (κ2) is 43.3. The molecular weight excluding hydrogens is 1140 g/mol. The number of aliphatic imine (C=N–C) groups is 3. The van der Waals surface area contributed by atoms with Crippen molar-refractivity contribution in [2.45, 2.75) is 185 Å². The fourth-order valence-corrected chi connectivity index (χ4v) is 8.76. The second-order valence-electron chi connectivity index (χ2n) is 22.2. The van der Waals surface area contributed by atoms with Crippen molar-refractivity contribution in [3.05, 3.63) is 35.9 Å². The van der Waals surface area contributed by atoms with Gasteiger partial charge in [0.2, 0.25) is 53.2 Å². The van der Waals surface area contributed by atoms with E-state index in [2.05, 4.69) is 62.8 Å².